The highest BCUT2D eigenvalue weighted by Crippen LogP contribution is 2.49. The summed E-state index contributed by atoms with van der Waals surface area (Å²) in [5, 5.41) is 9.26. The maximum Gasteiger partial charge on any atom is 0.330 e. The Morgan fingerprint density at radius 2 is 1.52 bits per heavy atom. The van der Waals surface area contributed by atoms with Gasteiger partial charge in [-0.15, -0.1) is 23.2 Å². The fourth-order valence-electron chi connectivity index (χ4n) is 1.93. The molecule has 0 saturated carbocycles. The largest absolute Gasteiger partial charge is 0.508 e. The number of unbranched alkanes of at least 4 members (excludes halogenated alkanes) is 2. The number of phenols is 1. The standard InChI is InChI=1S/C16H25Cl2O4P/c17-10-1-3-12-21-23(20,14-4-2-11-18)22-13-9-15-5-7-16(19)8-6-15/h5-8,19H,1-4,9-14H2. The third-order valence-corrected chi connectivity index (χ3v) is 5.80. The first-order valence-corrected chi connectivity index (χ1v) is 10.7. The Labute approximate surface area is 148 Å². The van der Waals surface area contributed by atoms with Crippen LogP contribution in [-0.2, 0) is 20.0 Å². The Bertz CT molecular complexity index is 468. The van der Waals surface area contributed by atoms with E-state index in [0.29, 0.717) is 37.6 Å². The van der Waals surface area contributed by atoms with Crippen LogP contribution in [0.25, 0.3) is 0 Å². The number of hydrogen-bond donors (Lipinski definition) is 1. The van der Waals surface area contributed by atoms with E-state index in [9.17, 15) is 9.67 Å². The number of aromatic hydroxyl groups is 1. The monoisotopic (exact) mass is 382 g/mol. The van der Waals surface area contributed by atoms with E-state index in [1.165, 1.54) is 0 Å². The molecule has 23 heavy (non-hydrogen) atoms. The van der Waals surface area contributed by atoms with Crippen LogP contribution in [0.1, 0.15) is 31.2 Å². The molecule has 4 nitrogen and oxygen atoms in total. The van der Waals surface area contributed by atoms with Crippen molar-refractivity contribution in [3.8, 4) is 5.75 Å². The number of phenolic OH excluding ortho intramolecular Hbond substituents is 1. The van der Waals surface area contributed by atoms with Crippen molar-refractivity contribution in [1.29, 1.82) is 0 Å². The third kappa shape index (κ3) is 9.59. The van der Waals surface area contributed by atoms with E-state index >= 15 is 0 Å². The van der Waals surface area contributed by atoms with Gasteiger partial charge in [-0.2, -0.15) is 0 Å². The van der Waals surface area contributed by atoms with Crippen molar-refractivity contribution < 1.29 is 18.7 Å². The molecule has 1 unspecified atom stereocenters. The predicted molar refractivity (Wildman–Crippen MR) is 96.1 cm³/mol. The molecule has 0 heterocycles. The van der Waals surface area contributed by atoms with Crippen molar-refractivity contribution in [2.45, 2.75) is 32.1 Å². The van der Waals surface area contributed by atoms with Crippen LogP contribution in [0.4, 0.5) is 0 Å². The zero-order valence-electron chi connectivity index (χ0n) is 13.3. The summed E-state index contributed by atoms with van der Waals surface area (Å²) in [6.45, 7) is 0.711. The molecule has 7 heteroatoms. The lowest BCUT2D eigenvalue weighted by Gasteiger charge is -2.18. The smallest absolute Gasteiger partial charge is 0.330 e. The average Bonchev–Trinajstić information content (AvgIpc) is 2.54. The van der Waals surface area contributed by atoms with Gasteiger partial charge in [0.1, 0.15) is 5.75 Å². The number of hydrogen-bond acceptors (Lipinski definition) is 4. The molecule has 0 aliphatic carbocycles. The minimum absolute atomic E-state index is 0.226. The minimum Gasteiger partial charge on any atom is -0.508 e. The van der Waals surface area contributed by atoms with Crippen molar-refractivity contribution in [2.24, 2.45) is 0 Å². The molecule has 1 N–H and O–H groups in total. The maximum absolute atomic E-state index is 12.7. The predicted octanol–water partition coefficient (Wildman–Crippen LogP) is 5.20. The average molecular weight is 383 g/mol. The Hall–Kier alpha value is -0.250. The highest BCUT2D eigenvalue weighted by Gasteiger charge is 2.23. The molecule has 0 spiro atoms. The number of benzene rings is 1. The van der Waals surface area contributed by atoms with E-state index < -0.39 is 7.60 Å². The summed E-state index contributed by atoms with van der Waals surface area (Å²) >= 11 is 11.3. The summed E-state index contributed by atoms with van der Waals surface area (Å²) in [7, 11) is -3.09. The number of halogens is 2. The van der Waals surface area contributed by atoms with Gasteiger partial charge in [-0.05, 0) is 49.8 Å². The molecule has 0 aliphatic rings. The van der Waals surface area contributed by atoms with Crippen LogP contribution in [0, 0.1) is 0 Å². The van der Waals surface area contributed by atoms with E-state index in [1.807, 2.05) is 12.1 Å². The molecule has 1 aromatic carbocycles. The zero-order valence-corrected chi connectivity index (χ0v) is 15.7. The summed E-state index contributed by atoms with van der Waals surface area (Å²) in [5.74, 6) is 1.34. The van der Waals surface area contributed by atoms with Gasteiger partial charge in [-0.1, -0.05) is 12.1 Å². The first kappa shape index (κ1) is 20.8. The first-order valence-electron chi connectivity index (χ1n) is 7.87. The summed E-state index contributed by atoms with van der Waals surface area (Å²) in [6, 6.07) is 6.88. The molecule has 132 valence electrons. The quantitative estimate of drug-likeness (QED) is 0.289. The van der Waals surface area contributed by atoms with Crippen LogP contribution >= 0.6 is 30.8 Å². The van der Waals surface area contributed by atoms with E-state index in [4.69, 9.17) is 32.2 Å². The Balaban J connectivity index is 2.43. The summed E-state index contributed by atoms with van der Waals surface area (Å²) < 4.78 is 23.8. The van der Waals surface area contributed by atoms with Gasteiger partial charge in [0, 0.05) is 11.8 Å². The Morgan fingerprint density at radius 3 is 2.17 bits per heavy atom. The van der Waals surface area contributed by atoms with Crippen molar-refractivity contribution in [3.05, 3.63) is 29.8 Å². The van der Waals surface area contributed by atoms with Crippen molar-refractivity contribution >= 4 is 30.8 Å². The molecule has 1 rings (SSSR count). The van der Waals surface area contributed by atoms with Gasteiger partial charge in [-0.25, -0.2) is 0 Å². The molecule has 0 amide bonds. The van der Waals surface area contributed by atoms with Gasteiger partial charge in [-0.3, -0.25) is 4.57 Å². The SMILES string of the molecule is O=P(CCCCCl)(OCCCCCl)OCCc1ccc(O)cc1. The molecule has 0 bridgehead atoms. The highest BCUT2D eigenvalue weighted by atomic mass is 35.5. The van der Waals surface area contributed by atoms with Crippen LogP contribution in [-0.4, -0.2) is 36.2 Å². The van der Waals surface area contributed by atoms with E-state index in [0.717, 1.165) is 31.2 Å². The molecule has 0 saturated heterocycles. The molecular weight excluding hydrogens is 358 g/mol. The second-order valence-corrected chi connectivity index (χ2v) is 8.15. The van der Waals surface area contributed by atoms with Crippen LogP contribution in [0.3, 0.4) is 0 Å². The third-order valence-electron chi connectivity index (χ3n) is 3.25. The number of rotatable bonds is 13. The maximum atomic E-state index is 12.7. The normalized spacial score (nSPS) is 13.8. The van der Waals surface area contributed by atoms with Gasteiger partial charge in [0.05, 0.1) is 19.4 Å². The van der Waals surface area contributed by atoms with Crippen molar-refractivity contribution in [1.82, 2.24) is 0 Å². The molecule has 1 aromatic rings. The molecule has 0 aliphatic heterocycles. The highest BCUT2D eigenvalue weighted by molar-refractivity contribution is 7.53. The van der Waals surface area contributed by atoms with Gasteiger partial charge in [0.15, 0.2) is 0 Å². The second-order valence-electron chi connectivity index (χ2n) is 5.21. The topological polar surface area (TPSA) is 55.8 Å². The van der Waals surface area contributed by atoms with Gasteiger partial charge in [0.2, 0.25) is 0 Å². The molecular formula is C16H25Cl2O4P. The number of alkyl halides is 2. The van der Waals surface area contributed by atoms with E-state index in [2.05, 4.69) is 0 Å². The first-order chi connectivity index (χ1) is 11.1. The fraction of sp³-hybridized carbons (Fsp3) is 0.625. The van der Waals surface area contributed by atoms with Crippen LogP contribution in [0.2, 0.25) is 0 Å². The molecule has 1 atom stereocenters. The molecule has 0 fully saturated rings. The Kier molecular flexibility index (Phi) is 11.0. The molecule has 0 radical (unpaired) electrons. The summed E-state index contributed by atoms with van der Waals surface area (Å²) in [6.07, 6.45) is 4.11. The van der Waals surface area contributed by atoms with Crippen molar-refractivity contribution in [3.63, 3.8) is 0 Å². The Morgan fingerprint density at radius 1 is 0.913 bits per heavy atom. The van der Waals surface area contributed by atoms with Gasteiger partial charge >= 0.3 is 7.60 Å². The lowest BCUT2D eigenvalue weighted by atomic mass is 10.2. The minimum atomic E-state index is -3.09. The van der Waals surface area contributed by atoms with E-state index in [1.54, 1.807) is 12.1 Å². The van der Waals surface area contributed by atoms with Crippen LogP contribution < -0.4 is 0 Å². The molecule has 0 aromatic heterocycles. The van der Waals surface area contributed by atoms with Crippen molar-refractivity contribution in [2.75, 3.05) is 31.1 Å². The fourth-order valence-corrected chi connectivity index (χ4v) is 4.03. The lowest BCUT2D eigenvalue weighted by molar-refractivity contribution is 0.203. The van der Waals surface area contributed by atoms with Crippen LogP contribution in [0.15, 0.2) is 24.3 Å². The zero-order chi connectivity index (χ0) is 17.0. The van der Waals surface area contributed by atoms with Gasteiger partial charge < -0.3 is 14.2 Å². The van der Waals surface area contributed by atoms with Gasteiger partial charge in [0.25, 0.3) is 0 Å². The van der Waals surface area contributed by atoms with Crippen LogP contribution in [0.5, 0.6) is 5.75 Å². The summed E-state index contributed by atoms with van der Waals surface area (Å²) in [4.78, 5) is 0. The lowest BCUT2D eigenvalue weighted by Crippen LogP contribution is -2.05. The summed E-state index contributed by atoms with van der Waals surface area (Å²) in [5.41, 5.74) is 1.01. The van der Waals surface area contributed by atoms with E-state index in [-0.39, 0.29) is 5.75 Å². The second kappa shape index (κ2) is 12.2.